The van der Waals surface area contributed by atoms with E-state index in [2.05, 4.69) is 15.1 Å². The molecule has 0 bridgehead atoms. The van der Waals surface area contributed by atoms with Gasteiger partial charge in [0.15, 0.2) is 5.82 Å². The molecule has 0 aliphatic carbocycles. The number of nitrogens with zero attached hydrogens (tertiary/aromatic N) is 3. The Morgan fingerprint density at radius 1 is 1.59 bits per heavy atom. The average molecular weight is 254 g/mol. The normalized spacial score (nSPS) is 14.8. The van der Waals surface area contributed by atoms with E-state index in [1.807, 2.05) is 6.92 Å². The molecule has 0 spiro atoms. The van der Waals surface area contributed by atoms with E-state index in [0.29, 0.717) is 18.3 Å². The molecule has 0 saturated carbocycles. The van der Waals surface area contributed by atoms with Gasteiger partial charge < -0.3 is 15.0 Å². The van der Waals surface area contributed by atoms with E-state index >= 15 is 0 Å². The van der Waals surface area contributed by atoms with Gasteiger partial charge in [0.1, 0.15) is 10.4 Å². The second-order valence-corrected chi connectivity index (χ2v) is 4.90. The van der Waals surface area contributed by atoms with E-state index in [1.54, 1.807) is 19.5 Å². The number of methoxy groups -OCH3 is 1. The van der Waals surface area contributed by atoms with Gasteiger partial charge in [-0.2, -0.15) is 4.98 Å². The van der Waals surface area contributed by atoms with Gasteiger partial charge >= 0.3 is 0 Å². The Hall–Kier alpha value is -1.31. The first-order valence-electron chi connectivity index (χ1n) is 5.07. The lowest BCUT2D eigenvalue weighted by molar-refractivity contribution is 0.135. The number of aryl methyl sites for hydroxylation is 1. The summed E-state index contributed by atoms with van der Waals surface area (Å²) in [6.07, 6.45) is 0. The number of hydrogen-bond donors (Lipinski definition) is 1. The van der Waals surface area contributed by atoms with Crippen LogP contribution in [0.2, 0.25) is 0 Å². The maximum absolute atomic E-state index is 6.03. The van der Waals surface area contributed by atoms with E-state index < -0.39 is 5.54 Å². The third-order valence-electron chi connectivity index (χ3n) is 2.32. The monoisotopic (exact) mass is 254 g/mol. The van der Waals surface area contributed by atoms with E-state index in [4.69, 9.17) is 15.0 Å². The molecule has 0 aliphatic heterocycles. The van der Waals surface area contributed by atoms with E-state index in [0.717, 1.165) is 10.6 Å². The SMILES string of the molecule is COCC(C)(N)c1noc(-c2scnc2C)n1. The van der Waals surface area contributed by atoms with Crippen molar-refractivity contribution in [2.75, 3.05) is 13.7 Å². The summed E-state index contributed by atoms with van der Waals surface area (Å²) < 4.78 is 10.2. The summed E-state index contributed by atoms with van der Waals surface area (Å²) in [6.45, 7) is 4.02. The minimum Gasteiger partial charge on any atom is -0.382 e. The molecule has 7 heteroatoms. The maximum Gasteiger partial charge on any atom is 0.269 e. The van der Waals surface area contributed by atoms with Crippen LogP contribution >= 0.6 is 11.3 Å². The van der Waals surface area contributed by atoms with Gasteiger partial charge in [0.2, 0.25) is 0 Å². The van der Waals surface area contributed by atoms with Crippen molar-refractivity contribution in [1.82, 2.24) is 15.1 Å². The maximum atomic E-state index is 6.03. The van der Waals surface area contributed by atoms with Crippen LogP contribution in [0.4, 0.5) is 0 Å². The predicted octanol–water partition coefficient (Wildman–Crippen LogP) is 1.32. The van der Waals surface area contributed by atoms with Crippen LogP contribution in [0.25, 0.3) is 10.8 Å². The molecule has 2 rings (SSSR count). The van der Waals surface area contributed by atoms with Gasteiger partial charge in [-0.25, -0.2) is 4.98 Å². The lowest BCUT2D eigenvalue weighted by atomic mass is 10.1. The molecule has 1 unspecified atom stereocenters. The highest BCUT2D eigenvalue weighted by Gasteiger charge is 2.28. The third-order valence-corrected chi connectivity index (χ3v) is 3.24. The highest BCUT2D eigenvalue weighted by atomic mass is 32.1. The molecule has 2 aromatic rings. The Balaban J connectivity index is 2.31. The smallest absolute Gasteiger partial charge is 0.269 e. The Labute approximate surface area is 103 Å². The lowest BCUT2D eigenvalue weighted by Crippen LogP contribution is -2.38. The number of ether oxygens (including phenoxy) is 1. The van der Waals surface area contributed by atoms with E-state index in [-0.39, 0.29) is 0 Å². The molecule has 17 heavy (non-hydrogen) atoms. The van der Waals surface area contributed by atoms with Gasteiger partial charge in [-0.3, -0.25) is 0 Å². The highest BCUT2D eigenvalue weighted by molar-refractivity contribution is 7.13. The van der Waals surface area contributed by atoms with E-state index in [1.165, 1.54) is 11.3 Å². The summed E-state index contributed by atoms with van der Waals surface area (Å²) in [5.74, 6) is 0.884. The summed E-state index contributed by atoms with van der Waals surface area (Å²) in [5.41, 5.74) is 7.89. The fourth-order valence-corrected chi connectivity index (χ4v) is 2.14. The molecule has 6 nitrogen and oxygen atoms in total. The molecule has 0 fully saturated rings. The Kier molecular flexibility index (Phi) is 3.23. The van der Waals surface area contributed by atoms with Crippen LogP contribution in [-0.4, -0.2) is 28.8 Å². The predicted molar refractivity (Wildman–Crippen MR) is 63.6 cm³/mol. The molecule has 2 N–H and O–H groups in total. The van der Waals surface area contributed by atoms with Gasteiger partial charge in [-0.1, -0.05) is 5.16 Å². The number of nitrogens with two attached hydrogens (primary N) is 1. The summed E-state index contributed by atoms with van der Waals surface area (Å²) in [6, 6.07) is 0. The zero-order valence-electron chi connectivity index (χ0n) is 9.93. The van der Waals surface area contributed by atoms with Crippen molar-refractivity contribution in [2.24, 2.45) is 5.73 Å². The molecule has 0 amide bonds. The largest absolute Gasteiger partial charge is 0.382 e. The van der Waals surface area contributed by atoms with Crippen molar-refractivity contribution in [3.05, 3.63) is 17.0 Å². The first-order chi connectivity index (χ1) is 8.04. The third kappa shape index (κ3) is 2.36. The van der Waals surface area contributed by atoms with Gasteiger partial charge in [-0.05, 0) is 13.8 Å². The van der Waals surface area contributed by atoms with Crippen LogP contribution < -0.4 is 5.73 Å². The molecule has 0 aliphatic rings. The van der Waals surface area contributed by atoms with Crippen molar-refractivity contribution in [3.8, 4) is 10.8 Å². The second kappa shape index (κ2) is 4.52. The molecule has 2 heterocycles. The number of hydrogen-bond acceptors (Lipinski definition) is 7. The van der Waals surface area contributed by atoms with Crippen LogP contribution in [-0.2, 0) is 10.3 Å². The molecular weight excluding hydrogens is 240 g/mol. The van der Waals surface area contributed by atoms with Crippen molar-refractivity contribution >= 4 is 11.3 Å². The quantitative estimate of drug-likeness (QED) is 0.885. The van der Waals surface area contributed by atoms with Crippen molar-refractivity contribution in [1.29, 1.82) is 0 Å². The van der Waals surface area contributed by atoms with Crippen LogP contribution in [0.15, 0.2) is 10.0 Å². The standard InChI is InChI=1S/C10H14N4O2S/c1-6-7(17-5-12-6)8-13-9(14-16-8)10(2,11)4-15-3/h5H,4,11H2,1-3H3. The van der Waals surface area contributed by atoms with E-state index in [9.17, 15) is 0 Å². The fraction of sp³-hybridized carbons (Fsp3) is 0.500. The number of rotatable bonds is 4. The molecule has 92 valence electrons. The minimum atomic E-state index is -0.755. The minimum absolute atomic E-state index is 0.327. The molecule has 0 radical (unpaired) electrons. The van der Waals surface area contributed by atoms with Crippen molar-refractivity contribution in [3.63, 3.8) is 0 Å². The summed E-state index contributed by atoms with van der Waals surface area (Å²) in [5, 5.41) is 3.89. The lowest BCUT2D eigenvalue weighted by Gasteiger charge is -2.18. The topological polar surface area (TPSA) is 87.1 Å². The summed E-state index contributed by atoms with van der Waals surface area (Å²) in [4.78, 5) is 9.30. The van der Waals surface area contributed by atoms with Gasteiger partial charge in [0, 0.05) is 7.11 Å². The average Bonchev–Trinajstić information content (AvgIpc) is 2.85. The molecular formula is C10H14N4O2S. The van der Waals surface area contributed by atoms with Crippen LogP contribution in [0, 0.1) is 6.92 Å². The second-order valence-electron chi connectivity index (χ2n) is 4.04. The Morgan fingerprint density at radius 3 is 2.94 bits per heavy atom. The highest BCUT2D eigenvalue weighted by Crippen LogP contribution is 2.27. The zero-order chi connectivity index (χ0) is 12.5. The van der Waals surface area contributed by atoms with Crippen molar-refractivity contribution < 1.29 is 9.26 Å². The molecule has 0 saturated heterocycles. The molecule has 0 aromatic carbocycles. The summed E-state index contributed by atoms with van der Waals surface area (Å²) in [7, 11) is 1.58. The van der Waals surface area contributed by atoms with Gasteiger partial charge in [0.05, 0.1) is 17.8 Å². The molecule has 1 atom stereocenters. The first kappa shape index (κ1) is 12.2. The van der Waals surface area contributed by atoms with Crippen LogP contribution in [0.1, 0.15) is 18.4 Å². The van der Waals surface area contributed by atoms with Crippen LogP contribution in [0.5, 0.6) is 0 Å². The van der Waals surface area contributed by atoms with Gasteiger partial charge in [-0.15, -0.1) is 11.3 Å². The van der Waals surface area contributed by atoms with Gasteiger partial charge in [0.25, 0.3) is 5.89 Å². The summed E-state index contributed by atoms with van der Waals surface area (Å²) >= 11 is 1.46. The van der Waals surface area contributed by atoms with Crippen LogP contribution in [0.3, 0.4) is 0 Å². The number of aromatic nitrogens is 3. The first-order valence-corrected chi connectivity index (χ1v) is 5.95. The Bertz CT molecular complexity index is 506. The zero-order valence-corrected chi connectivity index (χ0v) is 10.7. The number of thiazole rings is 1. The van der Waals surface area contributed by atoms with Crippen molar-refractivity contribution in [2.45, 2.75) is 19.4 Å². The molecule has 2 aromatic heterocycles. The Morgan fingerprint density at radius 2 is 2.35 bits per heavy atom. The fourth-order valence-electron chi connectivity index (χ4n) is 1.42.